The van der Waals surface area contributed by atoms with Crippen LogP contribution in [0.4, 0.5) is 17.1 Å². The molecule has 0 aliphatic carbocycles. The van der Waals surface area contributed by atoms with Crippen LogP contribution in [0, 0.1) is 0 Å². The third-order valence-corrected chi connectivity index (χ3v) is 9.78. The highest BCUT2D eigenvalue weighted by molar-refractivity contribution is 6.23. The third-order valence-electron chi connectivity index (χ3n) is 9.78. The Morgan fingerprint density at radius 2 is 0.854 bits per heavy atom. The summed E-state index contributed by atoms with van der Waals surface area (Å²) in [5, 5.41) is 7.15. The maximum absolute atomic E-state index is 6.22. The molecule has 0 saturated heterocycles. The zero-order valence-corrected chi connectivity index (χ0v) is 28.6. The fraction of sp³-hybridized carbons (Fsp3) is 0.174. The highest BCUT2D eigenvalue weighted by atomic mass is 16.3. The van der Waals surface area contributed by atoms with E-state index in [0.717, 1.165) is 33.3 Å². The van der Waals surface area contributed by atoms with E-state index in [0.29, 0.717) is 0 Å². The van der Waals surface area contributed by atoms with Gasteiger partial charge in [-0.15, -0.1) is 0 Å². The molecule has 0 saturated carbocycles. The molecule has 0 amide bonds. The molecule has 7 aromatic carbocycles. The van der Waals surface area contributed by atoms with E-state index in [9.17, 15) is 0 Å². The highest BCUT2D eigenvalue weighted by Gasteiger charge is 2.24. The second kappa shape index (κ2) is 11.1. The van der Waals surface area contributed by atoms with Gasteiger partial charge >= 0.3 is 0 Å². The lowest BCUT2D eigenvalue weighted by molar-refractivity contribution is 0.590. The van der Waals surface area contributed by atoms with Gasteiger partial charge in [-0.3, -0.25) is 0 Å². The van der Waals surface area contributed by atoms with Gasteiger partial charge < -0.3 is 9.32 Å². The molecular weight excluding hydrogens is 583 g/mol. The van der Waals surface area contributed by atoms with Crippen LogP contribution in [0.15, 0.2) is 144 Å². The van der Waals surface area contributed by atoms with E-state index < -0.39 is 0 Å². The molecule has 2 nitrogen and oxygen atoms in total. The van der Waals surface area contributed by atoms with Gasteiger partial charge in [0.1, 0.15) is 11.2 Å². The first-order chi connectivity index (χ1) is 23.1. The molecule has 1 aromatic heterocycles. The van der Waals surface area contributed by atoms with Crippen molar-refractivity contribution in [3.8, 4) is 11.1 Å². The summed E-state index contributed by atoms with van der Waals surface area (Å²) >= 11 is 0. The summed E-state index contributed by atoms with van der Waals surface area (Å²) in [4.78, 5) is 2.46. The number of furan rings is 1. The smallest absolute Gasteiger partial charge is 0.135 e. The van der Waals surface area contributed by atoms with Crippen LogP contribution in [0.3, 0.4) is 0 Å². The zero-order valence-electron chi connectivity index (χ0n) is 28.6. The first-order valence-electron chi connectivity index (χ1n) is 16.9. The maximum Gasteiger partial charge on any atom is 0.135 e. The van der Waals surface area contributed by atoms with Crippen LogP contribution >= 0.6 is 0 Å². The predicted molar refractivity (Wildman–Crippen MR) is 206 cm³/mol. The number of rotatable bonds is 4. The van der Waals surface area contributed by atoms with Crippen molar-refractivity contribution in [2.75, 3.05) is 4.90 Å². The van der Waals surface area contributed by atoms with Crippen molar-refractivity contribution in [2.45, 2.75) is 52.4 Å². The molecule has 0 radical (unpaired) electrons. The largest absolute Gasteiger partial charge is 0.456 e. The van der Waals surface area contributed by atoms with Crippen LogP contribution in [0.25, 0.3) is 54.6 Å². The Kier molecular flexibility index (Phi) is 6.96. The molecule has 0 bridgehead atoms. The van der Waals surface area contributed by atoms with Gasteiger partial charge in [-0.25, -0.2) is 0 Å². The molecule has 0 N–H and O–H groups in total. The first kappa shape index (κ1) is 30.0. The quantitative estimate of drug-likeness (QED) is 0.181. The SMILES string of the molecule is CC(C)(C)c1ccc(N(c2ccc(C(C)(C)C)cc2)c2c3ccccc3c(-c3ccc4oc5ccccc5c4c3)c3ccccc23)cc1. The van der Waals surface area contributed by atoms with Gasteiger partial charge in [-0.05, 0) is 86.3 Å². The highest BCUT2D eigenvalue weighted by Crippen LogP contribution is 2.49. The Bertz CT molecular complexity index is 2340. The summed E-state index contributed by atoms with van der Waals surface area (Å²) in [7, 11) is 0. The second-order valence-corrected chi connectivity index (χ2v) is 15.1. The van der Waals surface area contributed by atoms with Crippen LogP contribution < -0.4 is 4.90 Å². The standard InChI is InChI=1S/C46H41NO/c1-45(2,3)31-20-24-33(25-21-31)47(34-26-22-32(23-27-34)46(4,5)6)44-38-16-9-7-14-36(38)43(37-15-8-10-17-39(37)44)30-19-28-42-40(29-30)35-13-11-12-18-41(35)48-42/h7-29H,1-6H3. The van der Waals surface area contributed by atoms with Crippen molar-refractivity contribution < 1.29 is 4.42 Å². The van der Waals surface area contributed by atoms with Gasteiger partial charge in [-0.1, -0.05) is 139 Å². The van der Waals surface area contributed by atoms with Crippen LogP contribution in [0.1, 0.15) is 52.7 Å². The van der Waals surface area contributed by atoms with E-state index in [-0.39, 0.29) is 10.8 Å². The predicted octanol–water partition coefficient (Wildman–Crippen LogP) is 13.6. The van der Waals surface area contributed by atoms with E-state index in [1.165, 1.54) is 49.5 Å². The van der Waals surface area contributed by atoms with Gasteiger partial charge in [0.25, 0.3) is 0 Å². The van der Waals surface area contributed by atoms with Gasteiger partial charge in [-0.2, -0.15) is 0 Å². The number of hydrogen-bond donors (Lipinski definition) is 0. The number of hydrogen-bond acceptors (Lipinski definition) is 2. The minimum atomic E-state index is 0.0696. The molecule has 48 heavy (non-hydrogen) atoms. The molecule has 2 heteroatoms. The first-order valence-corrected chi connectivity index (χ1v) is 16.9. The van der Waals surface area contributed by atoms with E-state index in [4.69, 9.17) is 4.42 Å². The lowest BCUT2D eigenvalue weighted by atomic mass is 9.86. The monoisotopic (exact) mass is 623 g/mol. The second-order valence-electron chi connectivity index (χ2n) is 15.1. The molecule has 8 aromatic rings. The molecule has 0 fully saturated rings. The van der Waals surface area contributed by atoms with Gasteiger partial charge in [0.15, 0.2) is 0 Å². The van der Waals surface area contributed by atoms with E-state index in [2.05, 4.69) is 174 Å². The van der Waals surface area contributed by atoms with Gasteiger partial charge in [0, 0.05) is 32.9 Å². The number of fused-ring (bicyclic) bond motifs is 5. The molecule has 8 rings (SSSR count). The summed E-state index contributed by atoms with van der Waals surface area (Å²) in [6.45, 7) is 13.6. The van der Waals surface area contributed by atoms with Crippen molar-refractivity contribution in [3.63, 3.8) is 0 Å². The van der Waals surface area contributed by atoms with Gasteiger partial charge in [0.2, 0.25) is 0 Å². The molecule has 1 heterocycles. The Balaban J connectivity index is 1.43. The molecule has 0 unspecified atom stereocenters. The Hall–Kier alpha value is -5.34. The lowest BCUT2D eigenvalue weighted by Gasteiger charge is -2.31. The van der Waals surface area contributed by atoms with Crippen LogP contribution in [0.5, 0.6) is 0 Å². The Morgan fingerprint density at radius 1 is 0.417 bits per heavy atom. The minimum Gasteiger partial charge on any atom is -0.456 e. The molecular formula is C46H41NO. The average molecular weight is 624 g/mol. The summed E-state index contributed by atoms with van der Waals surface area (Å²) < 4.78 is 6.22. The third kappa shape index (κ3) is 5.04. The topological polar surface area (TPSA) is 16.4 Å². The maximum atomic E-state index is 6.22. The van der Waals surface area contributed by atoms with Crippen LogP contribution in [0.2, 0.25) is 0 Å². The number of benzene rings is 7. The normalized spacial score (nSPS) is 12.4. The van der Waals surface area contributed by atoms with E-state index >= 15 is 0 Å². The lowest BCUT2D eigenvalue weighted by Crippen LogP contribution is -2.15. The molecule has 0 atom stereocenters. The minimum absolute atomic E-state index is 0.0696. The molecule has 0 aliphatic heterocycles. The Labute approximate surface area is 283 Å². The van der Waals surface area contributed by atoms with Gasteiger partial charge in [0.05, 0.1) is 5.69 Å². The average Bonchev–Trinajstić information content (AvgIpc) is 3.46. The number of nitrogens with zero attached hydrogens (tertiary/aromatic N) is 1. The number of anilines is 3. The summed E-state index contributed by atoms with van der Waals surface area (Å²) in [6, 6.07) is 51.0. The van der Waals surface area contributed by atoms with Crippen molar-refractivity contribution in [1.82, 2.24) is 0 Å². The molecule has 0 aliphatic rings. The summed E-state index contributed by atoms with van der Waals surface area (Å²) in [5.74, 6) is 0. The fourth-order valence-electron chi connectivity index (χ4n) is 7.17. The van der Waals surface area contributed by atoms with E-state index in [1.54, 1.807) is 0 Å². The summed E-state index contributed by atoms with van der Waals surface area (Å²) in [5.41, 5.74) is 10.5. The van der Waals surface area contributed by atoms with Crippen molar-refractivity contribution >= 4 is 60.5 Å². The zero-order chi connectivity index (χ0) is 33.2. The van der Waals surface area contributed by atoms with Crippen molar-refractivity contribution in [1.29, 1.82) is 0 Å². The van der Waals surface area contributed by atoms with E-state index in [1.807, 2.05) is 12.1 Å². The van der Waals surface area contributed by atoms with Crippen LogP contribution in [-0.2, 0) is 10.8 Å². The van der Waals surface area contributed by atoms with Crippen molar-refractivity contribution in [2.24, 2.45) is 0 Å². The molecule has 0 spiro atoms. The molecule has 236 valence electrons. The van der Waals surface area contributed by atoms with Crippen molar-refractivity contribution in [3.05, 3.63) is 151 Å². The fourth-order valence-corrected chi connectivity index (χ4v) is 7.17. The number of para-hydroxylation sites is 1. The Morgan fingerprint density at radius 3 is 1.35 bits per heavy atom. The summed E-state index contributed by atoms with van der Waals surface area (Å²) in [6.07, 6.45) is 0. The van der Waals surface area contributed by atoms with Crippen LogP contribution in [-0.4, -0.2) is 0 Å².